The van der Waals surface area contributed by atoms with Crippen LogP contribution in [0.15, 0.2) is 15.3 Å². The molecule has 1 heterocycles. The molecule has 0 saturated heterocycles. The number of rotatable bonds is 0. The third-order valence-corrected chi connectivity index (χ3v) is 2.72. The first-order valence-electron chi connectivity index (χ1n) is 3.26. The molecule has 0 aliphatic carbocycles. The van der Waals surface area contributed by atoms with Crippen molar-refractivity contribution in [2.24, 2.45) is 0 Å². The van der Waals surface area contributed by atoms with Gasteiger partial charge in [-0.1, -0.05) is 11.6 Å². The summed E-state index contributed by atoms with van der Waals surface area (Å²) in [4.78, 5) is 13.1. The molecule has 1 aromatic carbocycles. The predicted octanol–water partition coefficient (Wildman–Crippen LogP) is 2.52. The molecule has 0 aliphatic heterocycles. The standard InChI is InChI=1S/C7H2ClFINO2/c8-4-2(9)1-3(10)6-5(4)11-7(12)13-6/h1H,(H,11,12). The number of aromatic nitrogens is 1. The lowest BCUT2D eigenvalue weighted by Crippen LogP contribution is -1.93. The predicted molar refractivity (Wildman–Crippen MR) is 54.5 cm³/mol. The van der Waals surface area contributed by atoms with E-state index in [2.05, 4.69) is 4.98 Å². The quantitative estimate of drug-likeness (QED) is 0.600. The molecule has 0 bridgehead atoms. The number of benzene rings is 1. The van der Waals surface area contributed by atoms with Gasteiger partial charge in [-0.15, -0.1) is 0 Å². The molecule has 0 saturated carbocycles. The molecule has 0 radical (unpaired) electrons. The van der Waals surface area contributed by atoms with E-state index in [9.17, 15) is 9.18 Å². The molecule has 0 spiro atoms. The molecule has 13 heavy (non-hydrogen) atoms. The van der Waals surface area contributed by atoms with E-state index in [0.29, 0.717) is 3.57 Å². The molecule has 0 amide bonds. The van der Waals surface area contributed by atoms with Gasteiger partial charge in [0.2, 0.25) is 0 Å². The lowest BCUT2D eigenvalue weighted by Gasteiger charge is -1.95. The van der Waals surface area contributed by atoms with E-state index in [-0.39, 0.29) is 16.1 Å². The fourth-order valence-corrected chi connectivity index (χ4v) is 1.85. The molecular formula is C7H2ClFINO2. The minimum atomic E-state index is -0.639. The summed E-state index contributed by atoms with van der Waals surface area (Å²) < 4.78 is 18.3. The zero-order valence-corrected chi connectivity index (χ0v) is 8.94. The van der Waals surface area contributed by atoms with E-state index in [4.69, 9.17) is 16.0 Å². The Morgan fingerprint density at radius 3 is 3.00 bits per heavy atom. The summed E-state index contributed by atoms with van der Waals surface area (Å²) in [5.74, 6) is -1.21. The Morgan fingerprint density at radius 2 is 2.31 bits per heavy atom. The molecule has 0 aliphatic rings. The smallest absolute Gasteiger partial charge is 0.407 e. The summed E-state index contributed by atoms with van der Waals surface area (Å²) in [5.41, 5.74) is 0.494. The number of oxazole rings is 1. The molecule has 3 nitrogen and oxygen atoms in total. The molecule has 0 unspecified atom stereocenters. The van der Waals surface area contributed by atoms with Gasteiger partial charge in [-0.2, -0.15) is 0 Å². The highest BCUT2D eigenvalue weighted by molar-refractivity contribution is 14.1. The van der Waals surface area contributed by atoms with Gasteiger partial charge in [0, 0.05) is 0 Å². The zero-order valence-electron chi connectivity index (χ0n) is 6.03. The van der Waals surface area contributed by atoms with Crippen molar-refractivity contribution in [1.29, 1.82) is 0 Å². The van der Waals surface area contributed by atoms with Gasteiger partial charge in [0.25, 0.3) is 0 Å². The Labute approximate surface area is 90.0 Å². The minimum absolute atomic E-state index is 0.124. The van der Waals surface area contributed by atoms with Gasteiger partial charge in [-0.25, -0.2) is 9.18 Å². The van der Waals surface area contributed by atoms with Crippen LogP contribution in [-0.2, 0) is 0 Å². The normalized spacial score (nSPS) is 11.0. The van der Waals surface area contributed by atoms with Crippen LogP contribution in [-0.4, -0.2) is 4.98 Å². The van der Waals surface area contributed by atoms with Gasteiger partial charge in [-0.05, 0) is 28.7 Å². The highest BCUT2D eigenvalue weighted by atomic mass is 127. The van der Waals surface area contributed by atoms with Gasteiger partial charge in [0.15, 0.2) is 5.58 Å². The molecular weight excluding hydrogens is 311 g/mol. The Bertz CT molecular complexity index is 533. The van der Waals surface area contributed by atoms with E-state index in [1.54, 1.807) is 0 Å². The molecule has 2 rings (SSSR count). The van der Waals surface area contributed by atoms with Crippen LogP contribution in [0.5, 0.6) is 0 Å². The molecule has 0 atom stereocenters. The average Bonchev–Trinajstić information content (AvgIpc) is 2.44. The first kappa shape index (κ1) is 9.01. The first-order chi connectivity index (χ1) is 6.09. The van der Waals surface area contributed by atoms with Gasteiger partial charge in [-0.3, -0.25) is 4.98 Å². The van der Waals surface area contributed by atoms with Crippen molar-refractivity contribution in [3.8, 4) is 0 Å². The number of hydrogen-bond donors (Lipinski definition) is 1. The topological polar surface area (TPSA) is 46.0 Å². The minimum Gasteiger partial charge on any atom is -0.407 e. The summed E-state index contributed by atoms with van der Waals surface area (Å²) in [5, 5.41) is -0.124. The lowest BCUT2D eigenvalue weighted by atomic mass is 10.3. The number of nitrogens with one attached hydrogen (secondary N) is 1. The average molecular weight is 313 g/mol. The Kier molecular flexibility index (Phi) is 2.07. The maximum atomic E-state index is 13.0. The summed E-state index contributed by atoms with van der Waals surface area (Å²) in [6.07, 6.45) is 0. The van der Waals surface area contributed by atoms with Crippen LogP contribution in [0.2, 0.25) is 5.02 Å². The number of fused-ring (bicyclic) bond motifs is 1. The number of H-pyrrole nitrogens is 1. The van der Waals surface area contributed by atoms with Crippen molar-refractivity contribution in [3.63, 3.8) is 0 Å². The van der Waals surface area contributed by atoms with Gasteiger partial charge in [0.1, 0.15) is 16.4 Å². The van der Waals surface area contributed by atoms with Crippen molar-refractivity contribution in [1.82, 2.24) is 4.98 Å². The monoisotopic (exact) mass is 313 g/mol. The fraction of sp³-hybridized carbons (Fsp3) is 0. The summed E-state index contributed by atoms with van der Waals surface area (Å²) in [7, 11) is 0. The summed E-state index contributed by atoms with van der Waals surface area (Å²) >= 11 is 7.47. The highest BCUT2D eigenvalue weighted by Crippen LogP contribution is 2.27. The second-order valence-electron chi connectivity index (χ2n) is 2.37. The molecule has 0 fully saturated rings. The van der Waals surface area contributed by atoms with Crippen molar-refractivity contribution in [2.75, 3.05) is 0 Å². The zero-order chi connectivity index (χ0) is 9.59. The largest absolute Gasteiger partial charge is 0.417 e. The Hall–Kier alpha value is -0.560. The van der Waals surface area contributed by atoms with Crippen LogP contribution in [0.3, 0.4) is 0 Å². The summed E-state index contributed by atoms with van der Waals surface area (Å²) in [6, 6.07) is 1.21. The van der Waals surface area contributed by atoms with Crippen molar-refractivity contribution >= 4 is 45.3 Å². The van der Waals surface area contributed by atoms with Crippen LogP contribution in [0.4, 0.5) is 4.39 Å². The second-order valence-corrected chi connectivity index (χ2v) is 3.91. The maximum Gasteiger partial charge on any atom is 0.417 e. The highest BCUT2D eigenvalue weighted by Gasteiger charge is 2.13. The Morgan fingerprint density at radius 1 is 1.62 bits per heavy atom. The van der Waals surface area contributed by atoms with Gasteiger partial charge in [0.05, 0.1) is 3.57 Å². The second kappa shape index (κ2) is 2.98. The third-order valence-electron chi connectivity index (χ3n) is 1.55. The molecule has 1 N–H and O–H groups in total. The lowest BCUT2D eigenvalue weighted by molar-refractivity contribution is 0.553. The van der Waals surface area contributed by atoms with Crippen LogP contribution in [0.25, 0.3) is 11.1 Å². The SMILES string of the molecule is O=c1[nH]c2c(Cl)c(F)cc(I)c2o1. The van der Waals surface area contributed by atoms with E-state index in [1.165, 1.54) is 6.07 Å². The molecule has 6 heteroatoms. The molecule has 68 valence electrons. The van der Waals surface area contributed by atoms with Crippen molar-refractivity contribution < 1.29 is 8.81 Å². The van der Waals surface area contributed by atoms with Crippen LogP contribution in [0, 0.1) is 9.39 Å². The van der Waals surface area contributed by atoms with Crippen LogP contribution >= 0.6 is 34.2 Å². The van der Waals surface area contributed by atoms with E-state index < -0.39 is 11.6 Å². The molecule has 2 aromatic rings. The fourth-order valence-electron chi connectivity index (χ4n) is 1.01. The molecule has 1 aromatic heterocycles. The van der Waals surface area contributed by atoms with E-state index in [0.717, 1.165) is 0 Å². The van der Waals surface area contributed by atoms with E-state index in [1.807, 2.05) is 22.6 Å². The third kappa shape index (κ3) is 1.35. The summed E-state index contributed by atoms with van der Waals surface area (Å²) in [6.45, 7) is 0. The maximum absolute atomic E-state index is 13.0. The number of aromatic amines is 1. The van der Waals surface area contributed by atoms with Gasteiger partial charge >= 0.3 is 5.76 Å². The van der Waals surface area contributed by atoms with Crippen LogP contribution in [0.1, 0.15) is 0 Å². The Balaban J connectivity index is 3.04. The van der Waals surface area contributed by atoms with E-state index >= 15 is 0 Å². The number of hydrogen-bond acceptors (Lipinski definition) is 2. The number of halogens is 3. The van der Waals surface area contributed by atoms with Gasteiger partial charge < -0.3 is 4.42 Å². The van der Waals surface area contributed by atoms with Crippen LogP contribution < -0.4 is 5.76 Å². The van der Waals surface area contributed by atoms with Crippen molar-refractivity contribution in [3.05, 3.63) is 31.0 Å². The first-order valence-corrected chi connectivity index (χ1v) is 4.71. The van der Waals surface area contributed by atoms with Crippen molar-refractivity contribution in [2.45, 2.75) is 0 Å².